The molecule has 0 atom stereocenters. The molecule has 1 aromatic heterocycles. The van der Waals surface area contributed by atoms with E-state index < -0.39 is 11.7 Å². The highest BCUT2D eigenvalue weighted by atomic mass is 19.4. The molecule has 7 heteroatoms. The molecule has 1 N–H and O–H groups in total. The van der Waals surface area contributed by atoms with Crippen LogP contribution in [0.25, 0.3) is 0 Å². The largest absolute Gasteiger partial charge is 0.416 e. The minimum atomic E-state index is -4.40. The number of hydrogen-bond donors (Lipinski definition) is 1. The molecule has 0 spiro atoms. The minimum absolute atomic E-state index is 0.256. The van der Waals surface area contributed by atoms with Crippen molar-refractivity contribution in [3.05, 3.63) is 94.3 Å². The number of carbonyl (C=O) groups excluding carboxylic acids is 1. The van der Waals surface area contributed by atoms with Crippen LogP contribution in [0.4, 0.5) is 18.9 Å². The Morgan fingerprint density at radius 3 is 2.43 bits per heavy atom. The lowest BCUT2D eigenvalue weighted by Crippen LogP contribution is -2.33. The standard InChI is InChI=1S/C28H30F3N3O/c1-19-9-14-25(32-2)26(33-19)27(35)34(16-15-20-5-3-8-24(17-20)28(29,30)31)18-21-10-12-23(13-11-21)22-6-4-7-22/h3,5,8-14,17,22,32H,4,6-7,15-16,18H2,1-2H3. The van der Waals surface area contributed by atoms with Crippen LogP contribution >= 0.6 is 0 Å². The van der Waals surface area contributed by atoms with E-state index in [1.807, 2.05) is 31.2 Å². The number of nitrogens with zero attached hydrogens (tertiary/aromatic N) is 2. The quantitative estimate of drug-likeness (QED) is 0.394. The zero-order valence-electron chi connectivity index (χ0n) is 20.0. The summed E-state index contributed by atoms with van der Waals surface area (Å²) in [6.07, 6.45) is -0.404. The van der Waals surface area contributed by atoms with Crippen molar-refractivity contribution in [1.29, 1.82) is 0 Å². The number of nitrogens with one attached hydrogen (secondary N) is 1. The summed E-state index contributed by atoms with van der Waals surface area (Å²) in [5, 5.41) is 3.02. The number of alkyl halides is 3. The number of halogens is 3. The van der Waals surface area contributed by atoms with Gasteiger partial charge < -0.3 is 10.2 Å². The van der Waals surface area contributed by atoms with E-state index in [4.69, 9.17) is 0 Å². The average Bonchev–Trinajstić information content (AvgIpc) is 2.81. The molecule has 35 heavy (non-hydrogen) atoms. The molecule has 2 aromatic carbocycles. The monoisotopic (exact) mass is 481 g/mol. The summed E-state index contributed by atoms with van der Waals surface area (Å²) in [6.45, 7) is 2.44. The molecule has 4 rings (SSSR count). The van der Waals surface area contributed by atoms with Gasteiger partial charge in [0.2, 0.25) is 0 Å². The first-order valence-electron chi connectivity index (χ1n) is 11.9. The lowest BCUT2D eigenvalue weighted by Gasteiger charge is -2.27. The van der Waals surface area contributed by atoms with Crippen molar-refractivity contribution in [2.24, 2.45) is 0 Å². The molecule has 1 heterocycles. The average molecular weight is 482 g/mol. The van der Waals surface area contributed by atoms with E-state index in [0.29, 0.717) is 35.8 Å². The van der Waals surface area contributed by atoms with Crippen molar-refractivity contribution in [1.82, 2.24) is 9.88 Å². The minimum Gasteiger partial charge on any atom is -0.386 e. The predicted molar refractivity (Wildman–Crippen MR) is 131 cm³/mol. The van der Waals surface area contributed by atoms with Crippen LogP contribution in [0.15, 0.2) is 60.7 Å². The molecule has 0 saturated heterocycles. The van der Waals surface area contributed by atoms with Gasteiger partial charge in [-0.1, -0.05) is 48.9 Å². The molecule has 0 radical (unpaired) electrons. The maximum Gasteiger partial charge on any atom is 0.416 e. The van der Waals surface area contributed by atoms with Crippen LogP contribution in [0.1, 0.15) is 63.6 Å². The number of anilines is 1. The molecule has 184 valence electrons. The SMILES string of the molecule is CNc1ccc(C)nc1C(=O)N(CCc1cccc(C(F)(F)F)c1)Cc1ccc(C2CCC2)cc1. The summed E-state index contributed by atoms with van der Waals surface area (Å²) in [5.74, 6) is 0.366. The van der Waals surface area contributed by atoms with Crippen LogP contribution in [0.5, 0.6) is 0 Å². The van der Waals surface area contributed by atoms with E-state index in [1.54, 1.807) is 18.0 Å². The highest BCUT2D eigenvalue weighted by Gasteiger charge is 2.30. The Kier molecular flexibility index (Phi) is 7.43. The third-order valence-corrected chi connectivity index (χ3v) is 6.65. The number of pyridine rings is 1. The summed E-state index contributed by atoms with van der Waals surface area (Å²) in [4.78, 5) is 19.7. The molecule has 0 bridgehead atoms. The summed E-state index contributed by atoms with van der Waals surface area (Å²) >= 11 is 0. The van der Waals surface area contributed by atoms with Gasteiger partial charge in [-0.25, -0.2) is 4.98 Å². The molecule has 1 saturated carbocycles. The van der Waals surface area contributed by atoms with Gasteiger partial charge in [-0.3, -0.25) is 4.79 Å². The number of hydrogen-bond acceptors (Lipinski definition) is 3. The number of aromatic nitrogens is 1. The Morgan fingerprint density at radius 1 is 1.06 bits per heavy atom. The van der Waals surface area contributed by atoms with Crippen molar-refractivity contribution < 1.29 is 18.0 Å². The number of rotatable bonds is 8. The van der Waals surface area contributed by atoms with E-state index in [0.717, 1.165) is 23.4 Å². The molecule has 1 fully saturated rings. The zero-order chi connectivity index (χ0) is 25.0. The van der Waals surface area contributed by atoms with E-state index in [-0.39, 0.29) is 12.5 Å². The van der Waals surface area contributed by atoms with Crippen LogP contribution in [-0.4, -0.2) is 29.4 Å². The van der Waals surface area contributed by atoms with Crippen LogP contribution in [-0.2, 0) is 19.1 Å². The molecular formula is C28H30F3N3O. The first-order valence-corrected chi connectivity index (χ1v) is 11.9. The van der Waals surface area contributed by atoms with Crippen molar-refractivity contribution in [3.63, 3.8) is 0 Å². The first kappa shape index (κ1) is 24.8. The summed E-state index contributed by atoms with van der Waals surface area (Å²) in [6, 6.07) is 17.3. The van der Waals surface area contributed by atoms with Gasteiger partial charge in [0.1, 0.15) is 0 Å². The van der Waals surface area contributed by atoms with Gasteiger partial charge in [0, 0.05) is 25.8 Å². The van der Waals surface area contributed by atoms with Gasteiger partial charge in [-0.2, -0.15) is 13.2 Å². The second kappa shape index (κ2) is 10.5. The molecule has 3 aromatic rings. The predicted octanol–water partition coefficient (Wildman–Crippen LogP) is 6.60. The Bertz CT molecular complexity index is 1170. The summed E-state index contributed by atoms with van der Waals surface area (Å²) in [7, 11) is 1.73. The van der Waals surface area contributed by atoms with E-state index in [2.05, 4.69) is 22.4 Å². The normalized spacial score (nSPS) is 13.9. The van der Waals surface area contributed by atoms with Crippen LogP contribution in [0.2, 0.25) is 0 Å². The van der Waals surface area contributed by atoms with Crippen LogP contribution in [0, 0.1) is 6.92 Å². The van der Waals surface area contributed by atoms with Crippen molar-refractivity contribution in [2.75, 3.05) is 18.9 Å². The topological polar surface area (TPSA) is 45.2 Å². The lowest BCUT2D eigenvalue weighted by molar-refractivity contribution is -0.137. The second-order valence-corrected chi connectivity index (χ2v) is 9.14. The number of aryl methyl sites for hydroxylation is 1. The molecule has 1 amide bonds. The Balaban J connectivity index is 1.57. The maximum atomic E-state index is 13.6. The Hall–Kier alpha value is -3.35. The maximum absolute atomic E-state index is 13.6. The van der Waals surface area contributed by atoms with Gasteiger partial charge in [0.25, 0.3) is 5.91 Å². The highest BCUT2D eigenvalue weighted by Crippen LogP contribution is 2.36. The third-order valence-electron chi connectivity index (χ3n) is 6.65. The molecular weight excluding hydrogens is 451 g/mol. The molecule has 1 aliphatic rings. The van der Waals surface area contributed by atoms with Gasteiger partial charge in [0.05, 0.1) is 11.3 Å². The van der Waals surface area contributed by atoms with Crippen LogP contribution < -0.4 is 5.32 Å². The van der Waals surface area contributed by atoms with Crippen molar-refractivity contribution >= 4 is 11.6 Å². The van der Waals surface area contributed by atoms with Gasteiger partial charge in [0.15, 0.2) is 5.69 Å². The Morgan fingerprint density at radius 2 is 1.80 bits per heavy atom. The number of carbonyl (C=O) groups is 1. The van der Waals surface area contributed by atoms with Gasteiger partial charge >= 0.3 is 6.18 Å². The third kappa shape index (κ3) is 6.02. The van der Waals surface area contributed by atoms with E-state index in [9.17, 15) is 18.0 Å². The van der Waals surface area contributed by atoms with Crippen LogP contribution in [0.3, 0.4) is 0 Å². The number of benzene rings is 2. The molecule has 4 nitrogen and oxygen atoms in total. The lowest BCUT2D eigenvalue weighted by atomic mass is 9.80. The van der Waals surface area contributed by atoms with Gasteiger partial charge in [-0.05, 0) is 67.0 Å². The zero-order valence-corrected chi connectivity index (χ0v) is 20.0. The summed E-state index contributed by atoms with van der Waals surface area (Å²) < 4.78 is 39.5. The number of amides is 1. The summed E-state index contributed by atoms with van der Waals surface area (Å²) in [5.41, 5.74) is 3.78. The molecule has 1 aliphatic carbocycles. The smallest absolute Gasteiger partial charge is 0.386 e. The fraction of sp³-hybridized carbons (Fsp3) is 0.357. The fourth-order valence-electron chi connectivity index (χ4n) is 4.35. The second-order valence-electron chi connectivity index (χ2n) is 9.14. The van der Waals surface area contributed by atoms with Gasteiger partial charge in [-0.15, -0.1) is 0 Å². The van der Waals surface area contributed by atoms with E-state index in [1.165, 1.54) is 30.9 Å². The first-order chi connectivity index (χ1) is 16.7. The molecule has 0 unspecified atom stereocenters. The van der Waals surface area contributed by atoms with E-state index >= 15 is 0 Å². The highest BCUT2D eigenvalue weighted by molar-refractivity contribution is 5.97. The molecule has 0 aliphatic heterocycles. The van der Waals surface area contributed by atoms with Crippen molar-refractivity contribution in [2.45, 2.75) is 51.2 Å². The van der Waals surface area contributed by atoms with Crippen molar-refractivity contribution in [3.8, 4) is 0 Å². The Labute approximate surface area is 204 Å². The fourth-order valence-corrected chi connectivity index (χ4v) is 4.35.